The van der Waals surface area contributed by atoms with E-state index in [0.29, 0.717) is 11.9 Å². The number of rotatable bonds is 3. The minimum atomic E-state index is 0.591. The molecule has 0 saturated carbocycles. The molecule has 0 bridgehead atoms. The van der Waals surface area contributed by atoms with Gasteiger partial charge in [-0.1, -0.05) is 6.07 Å². The van der Waals surface area contributed by atoms with Crippen molar-refractivity contribution >= 4 is 5.82 Å². The highest BCUT2D eigenvalue weighted by molar-refractivity contribution is 5.29. The Morgan fingerprint density at radius 3 is 2.56 bits per heavy atom. The lowest BCUT2D eigenvalue weighted by Gasteiger charge is -2.42. The van der Waals surface area contributed by atoms with Gasteiger partial charge in [0.15, 0.2) is 0 Å². The van der Waals surface area contributed by atoms with E-state index >= 15 is 0 Å². The molecule has 5 heteroatoms. The van der Waals surface area contributed by atoms with Crippen molar-refractivity contribution < 1.29 is 4.74 Å². The van der Waals surface area contributed by atoms with Crippen molar-refractivity contribution in [1.82, 2.24) is 14.8 Å². The summed E-state index contributed by atoms with van der Waals surface area (Å²) >= 11 is 0. The molecule has 0 unspecified atom stereocenters. The van der Waals surface area contributed by atoms with E-state index in [0.717, 1.165) is 45.9 Å². The normalized spacial score (nSPS) is 22.9. The van der Waals surface area contributed by atoms with Gasteiger partial charge >= 0.3 is 0 Å². The number of aromatic nitrogens is 1. The monoisotopic (exact) mass is 248 g/mol. The zero-order chi connectivity index (χ0) is 12.4. The third-order valence-corrected chi connectivity index (χ3v) is 3.80. The van der Waals surface area contributed by atoms with Crippen molar-refractivity contribution in [3.63, 3.8) is 0 Å². The molecule has 3 heterocycles. The molecule has 0 atom stereocenters. The fourth-order valence-corrected chi connectivity index (χ4v) is 2.51. The number of nitrogens with zero attached hydrogens (tertiary/aromatic N) is 3. The highest BCUT2D eigenvalue weighted by Crippen LogP contribution is 2.14. The van der Waals surface area contributed by atoms with Crippen LogP contribution in [0.25, 0.3) is 0 Å². The van der Waals surface area contributed by atoms with Crippen LogP contribution in [0.3, 0.4) is 0 Å². The molecular formula is C13H20N4O. The summed E-state index contributed by atoms with van der Waals surface area (Å²) in [5, 5.41) is 0. The van der Waals surface area contributed by atoms with Crippen molar-refractivity contribution in [3.8, 4) is 0 Å². The Labute approximate surface area is 108 Å². The Morgan fingerprint density at radius 2 is 2.00 bits per heavy atom. The molecule has 2 aliphatic heterocycles. The van der Waals surface area contributed by atoms with E-state index in [4.69, 9.17) is 10.5 Å². The number of hydrogen-bond acceptors (Lipinski definition) is 5. The highest BCUT2D eigenvalue weighted by atomic mass is 16.5. The molecule has 18 heavy (non-hydrogen) atoms. The SMILES string of the molecule is Nc1ccc(CN2CCN(C3COC3)CC2)cn1. The number of nitrogens with two attached hydrogens (primary N) is 1. The minimum absolute atomic E-state index is 0.591. The van der Waals surface area contributed by atoms with Crippen LogP contribution in [0.4, 0.5) is 5.82 Å². The first-order chi connectivity index (χ1) is 8.81. The number of ether oxygens (including phenoxy) is 1. The number of pyridine rings is 1. The number of piperazine rings is 1. The molecule has 3 rings (SSSR count). The fraction of sp³-hybridized carbons (Fsp3) is 0.615. The minimum Gasteiger partial charge on any atom is -0.384 e. The molecule has 1 aromatic heterocycles. The van der Waals surface area contributed by atoms with Crippen molar-refractivity contribution in [2.24, 2.45) is 0 Å². The lowest BCUT2D eigenvalue weighted by atomic mass is 10.1. The lowest BCUT2D eigenvalue weighted by Crippen LogP contribution is -2.56. The summed E-state index contributed by atoms with van der Waals surface area (Å²) in [4.78, 5) is 9.15. The third kappa shape index (κ3) is 2.63. The maximum Gasteiger partial charge on any atom is 0.123 e. The van der Waals surface area contributed by atoms with Crippen molar-refractivity contribution in [3.05, 3.63) is 23.9 Å². The lowest BCUT2D eigenvalue weighted by molar-refractivity contribution is -0.0774. The molecule has 1 aromatic rings. The molecule has 0 aliphatic carbocycles. The average Bonchev–Trinajstić information content (AvgIpc) is 2.32. The Kier molecular flexibility index (Phi) is 3.45. The second-order valence-electron chi connectivity index (χ2n) is 5.09. The number of anilines is 1. The largest absolute Gasteiger partial charge is 0.384 e. The first-order valence-corrected chi connectivity index (χ1v) is 6.56. The van der Waals surface area contributed by atoms with Crippen LogP contribution in [-0.4, -0.2) is 60.2 Å². The summed E-state index contributed by atoms with van der Waals surface area (Å²) in [6, 6.07) is 4.61. The number of nitrogen functional groups attached to an aromatic ring is 1. The van der Waals surface area contributed by atoms with E-state index in [1.165, 1.54) is 5.56 Å². The Bertz CT molecular complexity index is 382. The summed E-state index contributed by atoms with van der Waals surface area (Å²) in [6.45, 7) is 7.36. The van der Waals surface area contributed by atoms with Crippen LogP contribution in [0.15, 0.2) is 18.3 Å². The first-order valence-electron chi connectivity index (χ1n) is 6.56. The van der Waals surface area contributed by atoms with Gasteiger partial charge in [0.05, 0.1) is 19.3 Å². The summed E-state index contributed by atoms with van der Waals surface area (Å²) < 4.78 is 5.25. The average molecular weight is 248 g/mol. The highest BCUT2D eigenvalue weighted by Gasteiger charge is 2.28. The summed E-state index contributed by atoms with van der Waals surface area (Å²) in [5.74, 6) is 0.591. The van der Waals surface area contributed by atoms with Gasteiger partial charge in [-0.2, -0.15) is 0 Å². The predicted octanol–water partition coefficient (Wildman–Crippen LogP) is 0.180. The molecule has 0 radical (unpaired) electrons. The van der Waals surface area contributed by atoms with E-state index < -0.39 is 0 Å². The van der Waals surface area contributed by atoms with Crippen LogP contribution in [-0.2, 0) is 11.3 Å². The van der Waals surface area contributed by atoms with Crippen LogP contribution >= 0.6 is 0 Å². The van der Waals surface area contributed by atoms with Crippen LogP contribution in [0.1, 0.15) is 5.56 Å². The Morgan fingerprint density at radius 1 is 1.22 bits per heavy atom. The van der Waals surface area contributed by atoms with E-state index in [-0.39, 0.29) is 0 Å². The standard InChI is InChI=1S/C13H20N4O/c14-13-2-1-11(7-15-13)8-16-3-5-17(6-4-16)12-9-18-10-12/h1-2,7,12H,3-6,8-10H2,(H2,14,15). The van der Waals surface area contributed by atoms with Gasteiger partial charge in [0.1, 0.15) is 5.82 Å². The van der Waals surface area contributed by atoms with Gasteiger partial charge in [-0.25, -0.2) is 4.98 Å². The molecule has 5 nitrogen and oxygen atoms in total. The molecule has 2 fully saturated rings. The predicted molar refractivity (Wildman–Crippen MR) is 70.1 cm³/mol. The molecular weight excluding hydrogens is 228 g/mol. The van der Waals surface area contributed by atoms with Crippen LogP contribution in [0.5, 0.6) is 0 Å². The van der Waals surface area contributed by atoms with Gasteiger partial charge in [-0.15, -0.1) is 0 Å². The second-order valence-corrected chi connectivity index (χ2v) is 5.09. The molecule has 2 saturated heterocycles. The molecule has 2 aliphatic rings. The Balaban J connectivity index is 1.48. The van der Waals surface area contributed by atoms with Crippen molar-refractivity contribution in [1.29, 1.82) is 0 Å². The number of hydrogen-bond donors (Lipinski definition) is 1. The van der Waals surface area contributed by atoms with E-state index in [1.54, 1.807) is 0 Å². The summed E-state index contributed by atoms with van der Waals surface area (Å²) in [6.07, 6.45) is 1.88. The Hall–Kier alpha value is -1.17. The zero-order valence-electron chi connectivity index (χ0n) is 10.6. The van der Waals surface area contributed by atoms with Gasteiger partial charge in [-0.05, 0) is 11.6 Å². The maximum atomic E-state index is 5.59. The van der Waals surface area contributed by atoms with E-state index in [9.17, 15) is 0 Å². The smallest absolute Gasteiger partial charge is 0.123 e. The fourth-order valence-electron chi connectivity index (χ4n) is 2.51. The van der Waals surface area contributed by atoms with E-state index in [2.05, 4.69) is 20.9 Å². The molecule has 2 N–H and O–H groups in total. The first kappa shape index (κ1) is 11.9. The van der Waals surface area contributed by atoms with Gasteiger partial charge in [0, 0.05) is 38.9 Å². The summed E-state index contributed by atoms with van der Waals surface area (Å²) in [5.41, 5.74) is 6.83. The van der Waals surface area contributed by atoms with Crippen LogP contribution in [0.2, 0.25) is 0 Å². The molecule has 0 aromatic carbocycles. The van der Waals surface area contributed by atoms with Crippen LogP contribution in [0, 0.1) is 0 Å². The quantitative estimate of drug-likeness (QED) is 0.827. The molecule has 0 amide bonds. The van der Waals surface area contributed by atoms with Gasteiger partial charge in [0.2, 0.25) is 0 Å². The van der Waals surface area contributed by atoms with Gasteiger partial charge in [-0.3, -0.25) is 9.80 Å². The van der Waals surface area contributed by atoms with Gasteiger partial charge in [0.25, 0.3) is 0 Å². The van der Waals surface area contributed by atoms with Crippen LogP contribution < -0.4 is 5.73 Å². The van der Waals surface area contributed by atoms with Crippen molar-refractivity contribution in [2.45, 2.75) is 12.6 Å². The third-order valence-electron chi connectivity index (χ3n) is 3.80. The molecule has 98 valence electrons. The molecule has 0 spiro atoms. The second kappa shape index (κ2) is 5.22. The van der Waals surface area contributed by atoms with Gasteiger partial charge < -0.3 is 10.5 Å². The van der Waals surface area contributed by atoms with Crippen molar-refractivity contribution in [2.75, 3.05) is 45.1 Å². The topological polar surface area (TPSA) is 54.6 Å². The summed E-state index contributed by atoms with van der Waals surface area (Å²) in [7, 11) is 0. The zero-order valence-corrected chi connectivity index (χ0v) is 10.6. The maximum absolute atomic E-state index is 5.59. The van der Waals surface area contributed by atoms with E-state index in [1.807, 2.05) is 12.3 Å².